The fraction of sp³-hybridized carbons (Fsp3) is 0.346. The summed E-state index contributed by atoms with van der Waals surface area (Å²) in [5.41, 5.74) is 1.79. The van der Waals surface area contributed by atoms with Crippen LogP contribution in [0.2, 0.25) is 5.02 Å². The van der Waals surface area contributed by atoms with Gasteiger partial charge in [0.15, 0.2) is 0 Å². The van der Waals surface area contributed by atoms with Gasteiger partial charge in [-0.1, -0.05) is 60.5 Å². The molecule has 3 aromatic carbocycles. The van der Waals surface area contributed by atoms with Gasteiger partial charge in [0.1, 0.15) is 0 Å². The lowest BCUT2D eigenvalue weighted by Gasteiger charge is -2.28. The minimum absolute atomic E-state index is 0. The molecule has 3 nitrogen and oxygen atoms in total. The fourth-order valence-electron chi connectivity index (χ4n) is 4.30. The number of esters is 1. The predicted molar refractivity (Wildman–Crippen MR) is 131 cm³/mol. The monoisotopic (exact) mass is 457 g/mol. The number of benzene rings is 3. The first kappa shape index (κ1) is 23.6. The van der Waals surface area contributed by atoms with Crippen molar-refractivity contribution in [2.75, 3.05) is 26.2 Å². The molecule has 164 valence electrons. The quantitative estimate of drug-likeness (QED) is 0.368. The molecule has 1 saturated heterocycles. The zero-order chi connectivity index (χ0) is 20.8. The van der Waals surface area contributed by atoms with Crippen LogP contribution in [-0.4, -0.2) is 37.1 Å². The van der Waals surface area contributed by atoms with Crippen LogP contribution in [0, 0.1) is 0 Å². The summed E-state index contributed by atoms with van der Waals surface area (Å²) in [6.45, 7) is 3.76. The molecule has 0 aromatic heterocycles. The number of hydrogen-bond acceptors (Lipinski definition) is 3. The van der Waals surface area contributed by atoms with Gasteiger partial charge in [-0.3, -0.25) is 0 Å². The van der Waals surface area contributed by atoms with E-state index in [-0.39, 0.29) is 24.3 Å². The van der Waals surface area contributed by atoms with Crippen molar-refractivity contribution in [2.45, 2.75) is 31.6 Å². The second-order valence-electron chi connectivity index (χ2n) is 8.06. The number of nitrogens with zero attached hydrogens (tertiary/aromatic N) is 1. The number of ether oxygens (including phenoxy) is 1. The average Bonchev–Trinajstić information content (AvgIpc) is 2.80. The molecule has 0 N–H and O–H groups in total. The zero-order valence-electron chi connectivity index (χ0n) is 17.6. The average molecular weight is 458 g/mol. The lowest BCUT2D eigenvalue weighted by Crippen LogP contribution is -2.32. The van der Waals surface area contributed by atoms with Crippen molar-refractivity contribution in [1.29, 1.82) is 0 Å². The Bertz CT molecular complexity index is 979. The third-order valence-electron chi connectivity index (χ3n) is 6.00. The van der Waals surface area contributed by atoms with Gasteiger partial charge in [0, 0.05) is 10.9 Å². The normalized spacial score (nSPS) is 15.3. The van der Waals surface area contributed by atoms with Gasteiger partial charge in [0.25, 0.3) is 0 Å². The van der Waals surface area contributed by atoms with E-state index in [1.165, 1.54) is 48.7 Å². The highest BCUT2D eigenvalue weighted by atomic mass is 35.5. The van der Waals surface area contributed by atoms with E-state index in [1.54, 1.807) is 24.3 Å². The van der Waals surface area contributed by atoms with Crippen molar-refractivity contribution in [1.82, 2.24) is 4.90 Å². The maximum absolute atomic E-state index is 12.6. The lowest BCUT2D eigenvalue weighted by atomic mass is 9.91. The van der Waals surface area contributed by atoms with Crippen LogP contribution in [0.3, 0.4) is 0 Å². The van der Waals surface area contributed by atoms with Gasteiger partial charge in [-0.15, -0.1) is 12.4 Å². The molecule has 1 aliphatic rings. The van der Waals surface area contributed by atoms with Crippen molar-refractivity contribution in [2.24, 2.45) is 0 Å². The minimum atomic E-state index is -0.296. The summed E-state index contributed by atoms with van der Waals surface area (Å²) in [4.78, 5) is 15.1. The van der Waals surface area contributed by atoms with Gasteiger partial charge in [-0.2, -0.15) is 0 Å². The number of piperidine rings is 1. The maximum Gasteiger partial charge on any atom is 0.338 e. The Morgan fingerprint density at radius 2 is 1.65 bits per heavy atom. The summed E-state index contributed by atoms with van der Waals surface area (Å²) in [5.74, 6) is -0.135. The van der Waals surface area contributed by atoms with E-state index in [2.05, 4.69) is 47.4 Å². The van der Waals surface area contributed by atoms with Gasteiger partial charge in [0.05, 0.1) is 12.2 Å². The third-order valence-corrected chi connectivity index (χ3v) is 6.25. The molecular weight excluding hydrogens is 429 g/mol. The van der Waals surface area contributed by atoms with E-state index in [1.807, 2.05) is 0 Å². The highest BCUT2D eigenvalue weighted by Gasteiger charge is 2.20. The van der Waals surface area contributed by atoms with Crippen LogP contribution in [0.4, 0.5) is 0 Å². The van der Waals surface area contributed by atoms with Crippen molar-refractivity contribution in [3.8, 4) is 0 Å². The van der Waals surface area contributed by atoms with Crippen LogP contribution >= 0.6 is 24.0 Å². The highest BCUT2D eigenvalue weighted by molar-refractivity contribution is 6.30. The summed E-state index contributed by atoms with van der Waals surface area (Å²) in [6, 6.07) is 21.7. The molecule has 1 unspecified atom stereocenters. The smallest absolute Gasteiger partial charge is 0.338 e. The lowest BCUT2D eigenvalue weighted by molar-refractivity contribution is 0.0470. The fourth-order valence-corrected chi connectivity index (χ4v) is 4.43. The summed E-state index contributed by atoms with van der Waals surface area (Å²) >= 11 is 5.94. The van der Waals surface area contributed by atoms with Crippen LogP contribution in [-0.2, 0) is 4.74 Å². The number of halogens is 2. The second-order valence-corrected chi connectivity index (χ2v) is 8.50. The molecule has 0 saturated carbocycles. The Morgan fingerprint density at radius 3 is 2.42 bits per heavy atom. The summed E-state index contributed by atoms with van der Waals surface area (Å²) in [6.07, 6.45) is 4.87. The molecular formula is C26H29Cl2NO2. The molecule has 31 heavy (non-hydrogen) atoms. The molecule has 5 heteroatoms. The molecule has 0 amide bonds. The number of carbonyl (C=O) groups is 1. The zero-order valence-corrected chi connectivity index (χ0v) is 19.2. The Morgan fingerprint density at radius 1 is 0.935 bits per heavy atom. The Labute approximate surface area is 195 Å². The van der Waals surface area contributed by atoms with Gasteiger partial charge >= 0.3 is 5.97 Å². The molecule has 0 bridgehead atoms. The first-order valence-electron chi connectivity index (χ1n) is 10.8. The number of hydrogen-bond donors (Lipinski definition) is 0. The molecule has 3 aromatic rings. The van der Waals surface area contributed by atoms with Crippen molar-refractivity contribution < 1.29 is 9.53 Å². The van der Waals surface area contributed by atoms with Crippen LogP contribution in [0.15, 0.2) is 66.7 Å². The van der Waals surface area contributed by atoms with Gasteiger partial charge in [0.2, 0.25) is 0 Å². The summed E-state index contributed by atoms with van der Waals surface area (Å²) in [7, 11) is 0. The van der Waals surface area contributed by atoms with E-state index in [4.69, 9.17) is 16.3 Å². The Balaban J connectivity index is 0.00000272. The largest absolute Gasteiger partial charge is 0.461 e. The molecule has 4 rings (SSSR count). The topological polar surface area (TPSA) is 29.5 Å². The molecule has 1 atom stereocenters. The molecule has 1 aliphatic heterocycles. The van der Waals surface area contributed by atoms with E-state index in [0.717, 1.165) is 13.0 Å². The molecule has 1 heterocycles. The van der Waals surface area contributed by atoms with E-state index >= 15 is 0 Å². The van der Waals surface area contributed by atoms with Crippen molar-refractivity contribution >= 4 is 40.7 Å². The van der Waals surface area contributed by atoms with Crippen molar-refractivity contribution in [3.63, 3.8) is 0 Å². The first-order chi connectivity index (χ1) is 14.7. The maximum atomic E-state index is 12.6. The minimum Gasteiger partial charge on any atom is -0.461 e. The van der Waals surface area contributed by atoms with Gasteiger partial charge < -0.3 is 9.64 Å². The third kappa shape index (κ3) is 6.22. The van der Waals surface area contributed by atoms with Crippen LogP contribution < -0.4 is 0 Å². The standard InChI is InChI=1S/C26H28ClNO2.ClH/c27-23-13-11-21(12-14-23)26(29)30-19-22(15-18-28-16-4-1-5-17-28)25-10-6-8-20-7-2-3-9-24(20)25;/h2-3,6-14,22H,1,4-5,15-19H2;1H. The highest BCUT2D eigenvalue weighted by Crippen LogP contribution is 2.29. The first-order valence-corrected chi connectivity index (χ1v) is 11.2. The molecule has 0 aliphatic carbocycles. The van der Waals surface area contributed by atoms with Crippen LogP contribution in [0.5, 0.6) is 0 Å². The molecule has 0 radical (unpaired) electrons. The predicted octanol–water partition coefficient (Wildman–Crippen LogP) is 6.73. The molecule has 1 fully saturated rings. The number of carbonyl (C=O) groups excluding carboxylic acids is 1. The summed E-state index contributed by atoms with van der Waals surface area (Å²) in [5, 5.41) is 3.08. The van der Waals surface area contributed by atoms with Gasteiger partial charge in [-0.25, -0.2) is 4.79 Å². The Hall–Kier alpha value is -2.07. The summed E-state index contributed by atoms with van der Waals surface area (Å²) < 4.78 is 5.77. The van der Waals surface area contributed by atoms with Gasteiger partial charge in [-0.05, 0) is 79.5 Å². The number of rotatable bonds is 7. The van der Waals surface area contributed by atoms with Crippen LogP contribution in [0.1, 0.15) is 47.5 Å². The second kappa shape index (κ2) is 11.5. The SMILES string of the molecule is Cl.O=C(OCC(CCN1CCCCC1)c1cccc2ccccc12)c1ccc(Cl)cc1. The van der Waals surface area contributed by atoms with Crippen LogP contribution in [0.25, 0.3) is 10.8 Å². The number of fused-ring (bicyclic) bond motifs is 1. The molecule has 0 spiro atoms. The number of likely N-dealkylation sites (tertiary alicyclic amines) is 1. The Kier molecular flexibility index (Phi) is 8.77. The van der Waals surface area contributed by atoms with E-state index < -0.39 is 0 Å². The van der Waals surface area contributed by atoms with Crippen molar-refractivity contribution in [3.05, 3.63) is 82.9 Å². The van der Waals surface area contributed by atoms with E-state index in [0.29, 0.717) is 17.2 Å². The van der Waals surface area contributed by atoms with E-state index in [9.17, 15) is 4.79 Å².